The molecule has 0 aliphatic rings. The summed E-state index contributed by atoms with van der Waals surface area (Å²) in [6.45, 7) is 1.52. The monoisotopic (exact) mass is 381 g/mol. The standard InChI is InChI=1S/C20H19N3O5/c1-12-22-15-10-14(5-7-16(15)28-12)23-20(25)8-4-13-3-6-17(18(9-13)26-2)27-11-19(21)24/h3-10H,11H2,1-2H3,(H2,21,24)(H,23,25)/b8-4+. The fourth-order valence-electron chi connectivity index (χ4n) is 2.53. The molecule has 2 aromatic carbocycles. The molecule has 0 saturated carbocycles. The van der Waals surface area contributed by atoms with Crippen LogP contribution in [0.3, 0.4) is 0 Å². The highest BCUT2D eigenvalue weighted by Gasteiger charge is 2.07. The van der Waals surface area contributed by atoms with Gasteiger partial charge in [0.1, 0.15) is 5.52 Å². The minimum atomic E-state index is -0.582. The van der Waals surface area contributed by atoms with Crippen LogP contribution in [0.1, 0.15) is 11.5 Å². The fraction of sp³-hybridized carbons (Fsp3) is 0.150. The van der Waals surface area contributed by atoms with Crippen molar-refractivity contribution in [2.45, 2.75) is 6.92 Å². The van der Waals surface area contributed by atoms with Crippen LogP contribution >= 0.6 is 0 Å². The molecule has 2 amide bonds. The first kappa shape index (κ1) is 19.0. The summed E-state index contributed by atoms with van der Waals surface area (Å²) in [6, 6.07) is 10.3. The number of nitrogens with one attached hydrogen (secondary N) is 1. The number of fused-ring (bicyclic) bond motifs is 1. The molecule has 0 unspecified atom stereocenters. The number of carbonyl (C=O) groups excluding carboxylic acids is 2. The minimum Gasteiger partial charge on any atom is -0.493 e. The van der Waals surface area contributed by atoms with Crippen LogP contribution < -0.4 is 20.5 Å². The lowest BCUT2D eigenvalue weighted by atomic mass is 10.2. The third kappa shape index (κ3) is 4.67. The topological polar surface area (TPSA) is 117 Å². The van der Waals surface area contributed by atoms with Crippen molar-refractivity contribution in [3.05, 3.63) is 53.9 Å². The molecule has 0 aliphatic carbocycles. The Labute approximate surface area is 160 Å². The zero-order valence-corrected chi connectivity index (χ0v) is 15.4. The zero-order valence-electron chi connectivity index (χ0n) is 15.4. The second-order valence-corrected chi connectivity index (χ2v) is 5.90. The second kappa shape index (κ2) is 8.26. The van der Waals surface area contributed by atoms with E-state index in [-0.39, 0.29) is 12.5 Å². The molecule has 8 heteroatoms. The van der Waals surface area contributed by atoms with Crippen LogP contribution in [0.2, 0.25) is 0 Å². The number of hydrogen-bond donors (Lipinski definition) is 2. The number of nitrogens with zero attached hydrogens (tertiary/aromatic N) is 1. The van der Waals surface area contributed by atoms with Crippen LogP contribution in [0.15, 0.2) is 46.9 Å². The molecule has 0 atom stereocenters. The van der Waals surface area contributed by atoms with Crippen LogP contribution in [-0.4, -0.2) is 30.5 Å². The van der Waals surface area contributed by atoms with E-state index in [0.29, 0.717) is 34.2 Å². The molecule has 0 saturated heterocycles. The summed E-state index contributed by atoms with van der Waals surface area (Å²) < 4.78 is 15.9. The Kier molecular flexibility index (Phi) is 5.59. The number of nitrogens with two attached hydrogens (primary N) is 1. The maximum atomic E-state index is 12.2. The first-order valence-corrected chi connectivity index (χ1v) is 8.40. The normalized spacial score (nSPS) is 10.9. The molecule has 0 radical (unpaired) electrons. The first-order valence-electron chi connectivity index (χ1n) is 8.40. The van der Waals surface area contributed by atoms with Crippen molar-refractivity contribution in [3.8, 4) is 11.5 Å². The van der Waals surface area contributed by atoms with Gasteiger partial charge in [-0.05, 0) is 42.0 Å². The van der Waals surface area contributed by atoms with Gasteiger partial charge in [-0.1, -0.05) is 6.07 Å². The van der Waals surface area contributed by atoms with Gasteiger partial charge in [0, 0.05) is 18.7 Å². The van der Waals surface area contributed by atoms with E-state index in [2.05, 4.69) is 10.3 Å². The Morgan fingerprint density at radius 1 is 1.21 bits per heavy atom. The summed E-state index contributed by atoms with van der Waals surface area (Å²) in [7, 11) is 1.48. The molecule has 1 aromatic heterocycles. The third-order valence-electron chi connectivity index (χ3n) is 3.75. The quantitative estimate of drug-likeness (QED) is 0.608. The Morgan fingerprint density at radius 3 is 2.79 bits per heavy atom. The number of amides is 2. The number of aryl methyl sites for hydroxylation is 1. The summed E-state index contributed by atoms with van der Waals surface area (Å²) in [6.07, 6.45) is 3.03. The van der Waals surface area contributed by atoms with Gasteiger partial charge in [-0.15, -0.1) is 0 Å². The number of oxazole rings is 1. The lowest BCUT2D eigenvalue weighted by Gasteiger charge is -2.10. The van der Waals surface area contributed by atoms with E-state index >= 15 is 0 Å². The largest absolute Gasteiger partial charge is 0.493 e. The molecule has 0 fully saturated rings. The highest BCUT2D eigenvalue weighted by Crippen LogP contribution is 2.28. The van der Waals surface area contributed by atoms with E-state index < -0.39 is 5.91 Å². The van der Waals surface area contributed by atoms with E-state index in [1.165, 1.54) is 13.2 Å². The second-order valence-electron chi connectivity index (χ2n) is 5.90. The van der Waals surface area contributed by atoms with Crippen LogP contribution in [0.25, 0.3) is 17.2 Å². The summed E-state index contributed by atoms with van der Waals surface area (Å²) in [5.41, 5.74) is 7.75. The van der Waals surface area contributed by atoms with E-state index in [0.717, 1.165) is 5.56 Å². The molecule has 144 valence electrons. The lowest BCUT2D eigenvalue weighted by Crippen LogP contribution is -2.20. The predicted molar refractivity (Wildman–Crippen MR) is 104 cm³/mol. The molecular weight excluding hydrogens is 362 g/mol. The maximum Gasteiger partial charge on any atom is 0.255 e. The minimum absolute atomic E-state index is 0.247. The van der Waals surface area contributed by atoms with Crippen LogP contribution in [0, 0.1) is 6.92 Å². The first-order chi connectivity index (χ1) is 13.4. The molecule has 0 aliphatic heterocycles. The average molecular weight is 381 g/mol. The van der Waals surface area contributed by atoms with Gasteiger partial charge in [-0.25, -0.2) is 4.98 Å². The van der Waals surface area contributed by atoms with Crippen LogP contribution in [0.5, 0.6) is 11.5 Å². The average Bonchev–Trinajstić information content (AvgIpc) is 3.04. The van der Waals surface area contributed by atoms with Crippen molar-refractivity contribution in [1.82, 2.24) is 4.98 Å². The van der Waals surface area contributed by atoms with E-state index in [9.17, 15) is 9.59 Å². The van der Waals surface area contributed by atoms with Crippen molar-refractivity contribution in [2.24, 2.45) is 5.73 Å². The van der Waals surface area contributed by atoms with Crippen molar-refractivity contribution in [3.63, 3.8) is 0 Å². The molecule has 1 heterocycles. The number of rotatable bonds is 7. The number of methoxy groups -OCH3 is 1. The number of primary amides is 1. The lowest BCUT2D eigenvalue weighted by molar-refractivity contribution is -0.120. The molecule has 0 bridgehead atoms. The van der Waals surface area contributed by atoms with Gasteiger partial charge in [0.2, 0.25) is 5.91 Å². The number of aromatic nitrogens is 1. The Hall–Kier alpha value is -3.81. The molecule has 3 aromatic rings. The van der Waals surface area contributed by atoms with E-state index in [1.54, 1.807) is 49.4 Å². The van der Waals surface area contributed by atoms with Gasteiger partial charge in [-0.3, -0.25) is 9.59 Å². The third-order valence-corrected chi connectivity index (χ3v) is 3.75. The molecule has 3 N–H and O–H groups in total. The van der Waals surface area contributed by atoms with Crippen molar-refractivity contribution in [1.29, 1.82) is 0 Å². The van der Waals surface area contributed by atoms with E-state index in [4.69, 9.17) is 19.6 Å². The molecule has 3 rings (SSSR count). The number of carbonyl (C=O) groups is 2. The highest BCUT2D eigenvalue weighted by atomic mass is 16.5. The van der Waals surface area contributed by atoms with Gasteiger partial charge in [0.15, 0.2) is 29.6 Å². The van der Waals surface area contributed by atoms with Crippen LogP contribution in [-0.2, 0) is 9.59 Å². The highest BCUT2D eigenvalue weighted by molar-refractivity contribution is 6.02. The molecule has 28 heavy (non-hydrogen) atoms. The van der Waals surface area contributed by atoms with Crippen molar-refractivity contribution >= 4 is 34.7 Å². The SMILES string of the molecule is COc1cc(/C=C/C(=O)Nc2ccc3oc(C)nc3c2)ccc1OCC(N)=O. The summed E-state index contributed by atoms with van der Waals surface area (Å²) in [5, 5.41) is 2.77. The smallest absolute Gasteiger partial charge is 0.255 e. The van der Waals surface area contributed by atoms with Gasteiger partial charge in [0.05, 0.1) is 7.11 Å². The number of benzene rings is 2. The number of hydrogen-bond acceptors (Lipinski definition) is 6. The van der Waals surface area contributed by atoms with Gasteiger partial charge < -0.3 is 24.9 Å². The molecular formula is C20H19N3O5. The van der Waals surface area contributed by atoms with Gasteiger partial charge in [0.25, 0.3) is 5.91 Å². The van der Waals surface area contributed by atoms with Crippen LogP contribution in [0.4, 0.5) is 5.69 Å². The maximum absolute atomic E-state index is 12.2. The van der Waals surface area contributed by atoms with Crippen molar-refractivity contribution < 1.29 is 23.5 Å². The predicted octanol–water partition coefficient (Wildman–Crippen LogP) is 2.66. The Balaban J connectivity index is 1.67. The summed E-state index contributed by atoms with van der Waals surface area (Å²) in [5.74, 6) is 0.500. The molecule has 0 spiro atoms. The Morgan fingerprint density at radius 2 is 2.04 bits per heavy atom. The van der Waals surface area contributed by atoms with Gasteiger partial charge >= 0.3 is 0 Å². The fourth-order valence-corrected chi connectivity index (χ4v) is 2.53. The molecule has 8 nitrogen and oxygen atoms in total. The number of ether oxygens (including phenoxy) is 2. The van der Waals surface area contributed by atoms with Gasteiger partial charge in [-0.2, -0.15) is 0 Å². The zero-order chi connectivity index (χ0) is 20.1. The number of anilines is 1. The van der Waals surface area contributed by atoms with Crippen molar-refractivity contribution in [2.75, 3.05) is 19.0 Å². The summed E-state index contributed by atoms with van der Waals surface area (Å²) >= 11 is 0. The summed E-state index contributed by atoms with van der Waals surface area (Å²) in [4.78, 5) is 27.2. The van der Waals surface area contributed by atoms with E-state index in [1.807, 2.05) is 0 Å². The Bertz CT molecular complexity index is 1060.